The van der Waals surface area contributed by atoms with Gasteiger partial charge in [0, 0.05) is 60.5 Å². The second kappa shape index (κ2) is 9.88. The Morgan fingerprint density at radius 2 is 1.86 bits per heavy atom. The summed E-state index contributed by atoms with van der Waals surface area (Å²) in [5.74, 6) is 1.60. The van der Waals surface area contributed by atoms with Crippen LogP contribution in [0.1, 0.15) is 62.3 Å². The molecule has 4 fully saturated rings. The highest BCUT2D eigenvalue weighted by molar-refractivity contribution is 7.91. The van der Waals surface area contributed by atoms with E-state index >= 15 is 0 Å². The zero-order chi connectivity index (χ0) is 25.8. The lowest BCUT2D eigenvalue weighted by Gasteiger charge is -2.34. The first-order valence-electron chi connectivity index (χ1n) is 12.9. The van der Waals surface area contributed by atoms with Crippen molar-refractivity contribution in [2.24, 2.45) is 11.3 Å². The molecule has 5 unspecified atom stereocenters. The van der Waals surface area contributed by atoms with Crippen LogP contribution in [0.25, 0.3) is 0 Å². The van der Waals surface area contributed by atoms with Crippen molar-refractivity contribution in [3.05, 3.63) is 46.0 Å². The van der Waals surface area contributed by atoms with Gasteiger partial charge in [-0.2, -0.15) is 0 Å². The first kappa shape index (κ1) is 25.7. The molecular formula is C25H32Cl2N6O3S. The fraction of sp³-hybridized carbons (Fsp3) is 0.640. The maximum absolute atomic E-state index is 12.0. The van der Waals surface area contributed by atoms with Crippen molar-refractivity contribution in [2.75, 3.05) is 29.5 Å². The highest BCUT2D eigenvalue weighted by Gasteiger charge is 2.47. The fourth-order valence-electron chi connectivity index (χ4n) is 6.70. The van der Waals surface area contributed by atoms with Crippen molar-refractivity contribution in [1.29, 1.82) is 0 Å². The Hall–Kier alpha value is -1.56. The van der Waals surface area contributed by atoms with Gasteiger partial charge in [0.15, 0.2) is 9.84 Å². The molecule has 3 saturated heterocycles. The number of pyridine rings is 1. The molecule has 12 heteroatoms. The molecule has 1 aliphatic carbocycles. The molecule has 0 aromatic carbocycles. The van der Waals surface area contributed by atoms with Gasteiger partial charge in [0.25, 0.3) is 0 Å². The van der Waals surface area contributed by atoms with Crippen LogP contribution in [0.4, 0.5) is 5.95 Å². The molecular weight excluding hydrogens is 535 g/mol. The van der Waals surface area contributed by atoms with E-state index in [-0.39, 0.29) is 29.4 Å². The van der Waals surface area contributed by atoms with Crippen LogP contribution < -0.4 is 15.8 Å². The van der Waals surface area contributed by atoms with Crippen molar-refractivity contribution in [3.8, 4) is 0 Å². The molecule has 200 valence electrons. The summed E-state index contributed by atoms with van der Waals surface area (Å²) in [6.07, 6.45) is 11.3. The van der Waals surface area contributed by atoms with E-state index in [1.807, 2.05) is 19.3 Å². The highest BCUT2D eigenvalue weighted by Crippen LogP contribution is 2.43. The molecule has 0 amide bonds. The topological polar surface area (TPSA) is 109 Å². The van der Waals surface area contributed by atoms with Gasteiger partial charge in [0.2, 0.25) is 5.95 Å². The number of nitrogens with zero attached hydrogens (tertiary/aromatic N) is 4. The van der Waals surface area contributed by atoms with Gasteiger partial charge in [-0.05, 0) is 44.9 Å². The van der Waals surface area contributed by atoms with Gasteiger partial charge >= 0.3 is 0 Å². The molecule has 9 nitrogen and oxygen atoms in total. The highest BCUT2D eigenvalue weighted by atomic mass is 35.5. The van der Waals surface area contributed by atoms with Gasteiger partial charge in [0.05, 0.1) is 39.8 Å². The van der Waals surface area contributed by atoms with Crippen LogP contribution in [0.3, 0.4) is 0 Å². The average molecular weight is 568 g/mol. The Labute approximate surface area is 227 Å². The molecule has 1 saturated carbocycles. The molecule has 3 aliphatic heterocycles. The van der Waals surface area contributed by atoms with Crippen molar-refractivity contribution in [2.45, 2.75) is 63.3 Å². The standard InChI is InChI=1S/C25H32Cl2N6O3S/c1-15(22-19(26)11-28-12-20(22)27)36-17-2-3-21-18(8-17)23(32-31-21)16-9-29-24(30-10-16)33-6-4-25(13-33)5-7-37(34,35)14-25/h9-12,15,17-18,21,23,31-32H,2-8,13-14H2,1H3/t15-,17?,18?,21?,23?,25?/m1/s1. The number of hydrogen-bond acceptors (Lipinski definition) is 9. The average Bonchev–Trinajstić information content (AvgIpc) is 3.55. The summed E-state index contributed by atoms with van der Waals surface area (Å²) >= 11 is 12.7. The quantitative estimate of drug-likeness (QED) is 0.560. The molecule has 1 spiro atoms. The molecule has 4 aliphatic rings. The SMILES string of the molecule is C[C@@H](OC1CCC2NNC(c3cnc(N4CCC5(CCS(=O)(=O)C5)C4)nc3)C2C1)c1c(Cl)cncc1Cl. The van der Waals surface area contributed by atoms with E-state index in [0.29, 0.717) is 40.3 Å². The minimum Gasteiger partial charge on any atom is -0.370 e. The molecule has 0 radical (unpaired) electrons. The predicted octanol–water partition coefficient (Wildman–Crippen LogP) is 3.66. The Bertz CT molecular complexity index is 1250. The van der Waals surface area contributed by atoms with Crippen LogP contribution in [0, 0.1) is 11.3 Å². The van der Waals surface area contributed by atoms with Crippen LogP contribution >= 0.6 is 23.2 Å². The first-order valence-corrected chi connectivity index (χ1v) is 15.5. The number of ether oxygens (including phenoxy) is 1. The van der Waals surface area contributed by atoms with Crippen LogP contribution in [0.15, 0.2) is 24.8 Å². The Balaban J connectivity index is 1.11. The Morgan fingerprint density at radius 3 is 2.57 bits per heavy atom. The molecule has 0 bridgehead atoms. The van der Waals surface area contributed by atoms with E-state index < -0.39 is 9.84 Å². The van der Waals surface area contributed by atoms with Crippen molar-refractivity contribution in [1.82, 2.24) is 25.8 Å². The van der Waals surface area contributed by atoms with Crippen molar-refractivity contribution >= 4 is 39.0 Å². The minimum atomic E-state index is -2.91. The second-order valence-electron chi connectivity index (χ2n) is 11.1. The van der Waals surface area contributed by atoms with E-state index in [0.717, 1.165) is 49.8 Å². The molecule has 5 heterocycles. The van der Waals surface area contributed by atoms with E-state index in [9.17, 15) is 8.42 Å². The third kappa shape index (κ3) is 5.08. The summed E-state index contributed by atoms with van der Waals surface area (Å²) in [6, 6.07) is 0.439. The number of rotatable bonds is 5. The fourth-order valence-corrected chi connectivity index (χ4v) is 9.58. The number of halogens is 2. The normalized spacial score (nSPS) is 33.6. The third-order valence-electron chi connectivity index (χ3n) is 8.61. The number of anilines is 1. The largest absolute Gasteiger partial charge is 0.370 e. The van der Waals surface area contributed by atoms with E-state index in [4.69, 9.17) is 37.9 Å². The second-order valence-corrected chi connectivity index (χ2v) is 14.1. The summed E-state index contributed by atoms with van der Waals surface area (Å²) in [7, 11) is -2.91. The third-order valence-corrected chi connectivity index (χ3v) is 11.1. The Morgan fingerprint density at radius 1 is 1.11 bits per heavy atom. The summed E-state index contributed by atoms with van der Waals surface area (Å²) in [4.78, 5) is 15.6. The molecule has 37 heavy (non-hydrogen) atoms. The summed E-state index contributed by atoms with van der Waals surface area (Å²) in [5.41, 5.74) is 8.60. The van der Waals surface area contributed by atoms with Gasteiger partial charge < -0.3 is 9.64 Å². The number of aromatic nitrogens is 3. The predicted molar refractivity (Wildman–Crippen MR) is 142 cm³/mol. The summed E-state index contributed by atoms with van der Waals surface area (Å²) in [6.45, 7) is 3.49. The van der Waals surface area contributed by atoms with Crippen LogP contribution in [0.5, 0.6) is 0 Å². The lowest BCUT2D eigenvalue weighted by atomic mass is 9.78. The first-order chi connectivity index (χ1) is 17.7. The maximum Gasteiger partial charge on any atom is 0.225 e. The smallest absolute Gasteiger partial charge is 0.225 e. The zero-order valence-corrected chi connectivity index (χ0v) is 23.1. The van der Waals surface area contributed by atoms with Crippen LogP contribution in [-0.2, 0) is 14.6 Å². The van der Waals surface area contributed by atoms with Crippen LogP contribution in [0.2, 0.25) is 10.0 Å². The lowest BCUT2D eigenvalue weighted by molar-refractivity contribution is -0.0370. The van der Waals surface area contributed by atoms with E-state index in [1.54, 1.807) is 12.4 Å². The zero-order valence-electron chi connectivity index (χ0n) is 20.7. The van der Waals surface area contributed by atoms with Gasteiger partial charge in [-0.1, -0.05) is 23.2 Å². The Kier molecular flexibility index (Phi) is 6.86. The minimum absolute atomic E-state index is 0.0822. The van der Waals surface area contributed by atoms with Crippen LogP contribution in [-0.4, -0.2) is 60.1 Å². The maximum atomic E-state index is 12.0. The number of hydrazine groups is 1. The summed E-state index contributed by atoms with van der Waals surface area (Å²) < 4.78 is 30.5. The lowest BCUT2D eigenvalue weighted by Crippen LogP contribution is -2.37. The van der Waals surface area contributed by atoms with E-state index in [2.05, 4.69) is 20.7 Å². The molecule has 2 N–H and O–H groups in total. The van der Waals surface area contributed by atoms with Crippen molar-refractivity contribution < 1.29 is 13.2 Å². The summed E-state index contributed by atoms with van der Waals surface area (Å²) in [5, 5.41) is 1.04. The number of hydrogen-bond donors (Lipinski definition) is 2. The number of sulfone groups is 1. The molecule has 6 atom stereocenters. The number of fused-ring (bicyclic) bond motifs is 1. The van der Waals surface area contributed by atoms with Gasteiger partial charge in [-0.25, -0.2) is 23.8 Å². The molecule has 2 aromatic heterocycles. The number of nitrogens with one attached hydrogen (secondary N) is 2. The van der Waals surface area contributed by atoms with Gasteiger partial charge in [-0.3, -0.25) is 10.4 Å². The van der Waals surface area contributed by atoms with Gasteiger partial charge in [0.1, 0.15) is 0 Å². The van der Waals surface area contributed by atoms with Crippen molar-refractivity contribution in [3.63, 3.8) is 0 Å². The molecule has 6 rings (SSSR count). The van der Waals surface area contributed by atoms with E-state index in [1.165, 1.54) is 0 Å². The molecule has 2 aromatic rings. The monoisotopic (exact) mass is 566 g/mol. The van der Waals surface area contributed by atoms with Gasteiger partial charge in [-0.15, -0.1) is 0 Å².